The lowest BCUT2D eigenvalue weighted by atomic mass is 10.1. The van der Waals surface area contributed by atoms with Crippen LogP contribution in [0.3, 0.4) is 0 Å². The highest BCUT2D eigenvalue weighted by molar-refractivity contribution is 5.79. The lowest BCUT2D eigenvalue weighted by Crippen LogP contribution is -2.28. The summed E-state index contributed by atoms with van der Waals surface area (Å²) in [7, 11) is 1.65. The number of nitrogens with one attached hydrogen (secondary N) is 1. The standard InChI is InChI=1S/C29H30N6O2/c1-20-4-7-22(8-5-20)16-34(18-25-15-24-11-6-21(2)14-27(24)30-29(25)36)19-28-31-32-33-35(28)17-23-9-12-26(37-3)13-10-23/h4-15H,16-19H2,1-3H3,(H,30,36). The first-order valence-electron chi connectivity index (χ1n) is 12.3. The number of aromatic nitrogens is 5. The van der Waals surface area contributed by atoms with Crippen LogP contribution in [0, 0.1) is 13.8 Å². The van der Waals surface area contributed by atoms with E-state index < -0.39 is 0 Å². The lowest BCUT2D eigenvalue weighted by Gasteiger charge is -2.22. The van der Waals surface area contributed by atoms with Crippen molar-refractivity contribution in [3.05, 3.63) is 117 Å². The second kappa shape index (κ2) is 10.8. The van der Waals surface area contributed by atoms with Crippen molar-refractivity contribution in [1.29, 1.82) is 0 Å². The molecule has 8 heteroatoms. The smallest absolute Gasteiger partial charge is 0.252 e. The summed E-state index contributed by atoms with van der Waals surface area (Å²) in [6.45, 7) is 6.24. The topological polar surface area (TPSA) is 88.9 Å². The molecule has 0 aliphatic heterocycles. The number of hydrogen-bond acceptors (Lipinski definition) is 6. The zero-order chi connectivity index (χ0) is 25.8. The van der Waals surface area contributed by atoms with Gasteiger partial charge in [0.1, 0.15) is 5.75 Å². The molecule has 0 unspecified atom stereocenters. The third kappa shape index (κ3) is 5.92. The molecule has 0 amide bonds. The first-order chi connectivity index (χ1) is 18.0. The monoisotopic (exact) mass is 494 g/mol. The number of aromatic amines is 1. The number of tetrazole rings is 1. The summed E-state index contributed by atoms with van der Waals surface area (Å²) >= 11 is 0. The number of nitrogens with zero attached hydrogens (tertiary/aromatic N) is 5. The van der Waals surface area contributed by atoms with Crippen LogP contribution in [0.4, 0.5) is 0 Å². The Bertz CT molecular complexity index is 1550. The highest BCUT2D eigenvalue weighted by atomic mass is 16.5. The quantitative estimate of drug-likeness (QED) is 0.327. The molecule has 5 rings (SSSR count). The minimum absolute atomic E-state index is 0.0789. The Hall–Kier alpha value is -4.30. The van der Waals surface area contributed by atoms with E-state index in [0.29, 0.717) is 31.7 Å². The van der Waals surface area contributed by atoms with Crippen molar-refractivity contribution < 1.29 is 4.74 Å². The summed E-state index contributed by atoms with van der Waals surface area (Å²) < 4.78 is 7.06. The Morgan fingerprint density at radius 3 is 2.35 bits per heavy atom. The third-order valence-electron chi connectivity index (χ3n) is 6.46. The Kier molecular flexibility index (Phi) is 7.09. The average Bonchev–Trinajstić information content (AvgIpc) is 3.32. The zero-order valence-electron chi connectivity index (χ0n) is 21.3. The van der Waals surface area contributed by atoms with E-state index in [1.54, 1.807) is 11.8 Å². The van der Waals surface area contributed by atoms with Crippen molar-refractivity contribution in [2.24, 2.45) is 0 Å². The molecule has 0 bridgehead atoms. The summed E-state index contributed by atoms with van der Waals surface area (Å²) in [5.41, 5.74) is 6.03. The fraction of sp³-hybridized carbons (Fsp3) is 0.241. The second-order valence-corrected chi connectivity index (χ2v) is 9.45. The van der Waals surface area contributed by atoms with Crippen LogP contribution in [0.15, 0.2) is 77.6 Å². The van der Waals surface area contributed by atoms with Crippen LogP contribution in [-0.2, 0) is 26.2 Å². The van der Waals surface area contributed by atoms with E-state index >= 15 is 0 Å². The van der Waals surface area contributed by atoms with E-state index in [1.165, 1.54) is 5.56 Å². The van der Waals surface area contributed by atoms with Gasteiger partial charge in [0.15, 0.2) is 5.82 Å². The Morgan fingerprint density at radius 1 is 0.865 bits per heavy atom. The van der Waals surface area contributed by atoms with Crippen LogP contribution < -0.4 is 10.3 Å². The van der Waals surface area contributed by atoms with Gasteiger partial charge in [-0.1, -0.05) is 54.1 Å². The van der Waals surface area contributed by atoms with Gasteiger partial charge in [-0.15, -0.1) is 5.10 Å². The van der Waals surface area contributed by atoms with Crippen LogP contribution in [0.5, 0.6) is 5.75 Å². The molecule has 2 heterocycles. The molecule has 3 aromatic carbocycles. The van der Waals surface area contributed by atoms with Crippen molar-refractivity contribution in [3.8, 4) is 5.75 Å². The number of H-pyrrole nitrogens is 1. The number of rotatable bonds is 9. The number of pyridine rings is 1. The van der Waals surface area contributed by atoms with Gasteiger partial charge in [-0.2, -0.15) is 0 Å². The van der Waals surface area contributed by atoms with Crippen molar-refractivity contribution in [1.82, 2.24) is 30.1 Å². The Balaban J connectivity index is 1.42. The molecule has 0 aliphatic rings. The fourth-order valence-electron chi connectivity index (χ4n) is 4.40. The molecular formula is C29H30N6O2. The number of hydrogen-bond donors (Lipinski definition) is 1. The second-order valence-electron chi connectivity index (χ2n) is 9.45. The van der Waals surface area contributed by atoms with Crippen molar-refractivity contribution in [2.75, 3.05) is 7.11 Å². The minimum Gasteiger partial charge on any atom is -0.497 e. The van der Waals surface area contributed by atoms with E-state index in [4.69, 9.17) is 4.74 Å². The molecule has 8 nitrogen and oxygen atoms in total. The normalized spacial score (nSPS) is 11.4. The maximum absolute atomic E-state index is 13.0. The summed E-state index contributed by atoms with van der Waals surface area (Å²) in [5.74, 6) is 1.54. The molecule has 0 saturated heterocycles. The van der Waals surface area contributed by atoms with Crippen LogP contribution in [0.2, 0.25) is 0 Å². The van der Waals surface area contributed by atoms with Gasteiger partial charge >= 0.3 is 0 Å². The molecule has 2 aromatic heterocycles. The predicted molar refractivity (Wildman–Crippen MR) is 143 cm³/mol. The van der Waals surface area contributed by atoms with Crippen molar-refractivity contribution >= 4 is 10.9 Å². The molecule has 0 fully saturated rings. The van der Waals surface area contributed by atoms with E-state index in [0.717, 1.165) is 39.2 Å². The number of ether oxygens (including phenoxy) is 1. The van der Waals surface area contributed by atoms with Gasteiger partial charge in [-0.3, -0.25) is 9.69 Å². The first kappa shape index (κ1) is 24.4. The predicted octanol–water partition coefficient (Wildman–Crippen LogP) is 4.39. The Morgan fingerprint density at radius 2 is 1.59 bits per heavy atom. The first-order valence-corrected chi connectivity index (χ1v) is 12.3. The van der Waals surface area contributed by atoms with Crippen LogP contribution in [0.25, 0.3) is 10.9 Å². The maximum atomic E-state index is 13.0. The van der Waals surface area contributed by atoms with Gasteiger partial charge < -0.3 is 9.72 Å². The third-order valence-corrected chi connectivity index (χ3v) is 6.46. The molecule has 5 aromatic rings. The number of fused-ring (bicyclic) bond motifs is 1. The fourth-order valence-corrected chi connectivity index (χ4v) is 4.40. The van der Waals surface area contributed by atoms with Crippen molar-refractivity contribution in [3.63, 3.8) is 0 Å². The number of methoxy groups -OCH3 is 1. The van der Waals surface area contributed by atoms with Crippen LogP contribution in [-0.4, -0.2) is 37.2 Å². The molecule has 0 atom stereocenters. The van der Waals surface area contributed by atoms with Crippen LogP contribution in [0.1, 0.15) is 33.6 Å². The lowest BCUT2D eigenvalue weighted by molar-refractivity contribution is 0.236. The summed E-state index contributed by atoms with van der Waals surface area (Å²) in [4.78, 5) is 18.3. The Labute approximate surface area is 215 Å². The molecule has 188 valence electrons. The largest absolute Gasteiger partial charge is 0.497 e. The van der Waals surface area contributed by atoms with Gasteiger partial charge in [-0.05, 0) is 70.6 Å². The zero-order valence-corrected chi connectivity index (χ0v) is 21.3. The summed E-state index contributed by atoms with van der Waals surface area (Å²) in [5, 5.41) is 13.5. The van der Waals surface area contributed by atoms with Gasteiger partial charge in [-0.25, -0.2) is 4.68 Å². The molecular weight excluding hydrogens is 464 g/mol. The molecule has 1 N–H and O–H groups in total. The van der Waals surface area contributed by atoms with E-state index in [-0.39, 0.29) is 5.56 Å². The van der Waals surface area contributed by atoms with Gasteiger partial charge in [0, 0.05) is 24.2 Å². The minimum atomic E-state index is -0.0789. The molecule has 37 heavy (non-hydrogen) atoms. The summed E-state index contributed by atoms with van der Waals surface area (Å²) in [6.07, 6.45) is 0. The maximum Gasteiger partial charge on any atom is 0.252 e. The molecule has 0 spiro atoms. The van der Waals surface area contributed by atoms with Crippen LogP contribution >= 0.6 is 0 Å². The molecule has 0 radical (unpaired) electrons. The van der Waals surface area contributed by atoms with E-state index in [1.807, 2.05) is 49.4 Å². The highest BCUT2D eigenvalue weighted by Gasteiger charge is 2.16. The van der Waals surface area contributed by atoms with Gasteiger partial charge in [0.05, 0.1) is 20.2 Å². The highest BCUT2D eigenvalue weighted by Crippen LogP contribution is 2.18. The van der Waals surface area contributed by atoms with Gasteiger partial charge in [0.25, 0.3) is 5.56 Å². The SMILES string of the molecule is COc1ccc(Cn2nnnc2CN(Cc2ccc(C)cc2)Cc2cc3ccc(C)cc3[nH]c2=O)cc1. The van der Waals surface area contributed by atoms with E-state index in [9.17, 15) is 4.79 Å². The average molecular weight is 495 g/mol. The summed E-state index contributed by atoms with van der Waals surface area (Å²) in [6, 6.07) is 24.4. The van der Waals surface area contributed by atoms with Gasteiger partial charge in [0.2, 0.25) is 0 Å². The molecule has 0 aliphatic carbocycles. The van der Waals surface area contributed by atoms with Crippen molar-refractivity contribution in [2.45, 2.75) is 40.0 Å². The van der Waals surface area contributed by atoms with E-state index in [2.05, 4.69) is 62.7 Å². The molecule has 0 saturated carbocycles. The number of benzene rings is 3. The number of aryl methyl sites for hydroxylation is 2.